The summed E-state index contributed by atoms with van der Waals surface area (Å²) < 4.78 is 26.4. The lowest BCUT2D eigenvalue weighted by molar-refractivity contribution is 0.597. The highest BCUT2D eigenvalue weighted by Gasteiger charge is 2.24. The van der Waals surface area contributed by atoms with Crippen LogP contribution in [0.2, 0.25) is 0 Å². The van der Waals surface area contributed by atoms with E-state index in [9.17, 15) is 8.42 Å². The van der Waals surface area contributed by atoms with E-state index in [2.05, 4.69) is 15.3 Å². The first-order chi connectivity index (χ1) is 9.97. The third kappa shape index (κ3) is 2.55. The van der Waals surface area contributed by atoms with Gasteiger partial charge < -0.3 is 0 Å². The van der Waals surface area contributed by atoms with Crippen molar-refractivity contribution in [2.24, 2.45) is 7.05 Å². The van der Waals surface area contributed by atoms with Crippen LogP contribution in [-0.4, -0.2) is 33.0 Å². The molecule has 0 aliphatic rings. The zero-order valence-electron chi connectivity index (χ0n) is 10.9. The fraction of sp³-hybridized carbons (Fsp3) is 0.0833. The van der Waals surface area contributed by atoms with Crippen LogP contribution >= 0.6 is 10.7 Å². The molecule has 9 heteroatoms. The molecule has 2 aromatic heterocycles. The number of hydrogen-bond acceptors (Lipinski definition) is 5. The van der Waals surface area contributed by atoms with E-state index in [0.717, 1.165) is 0 Å². The second-order valence-electron chi connectivity index (χ2n) is 4.32. The molecule has 0 atom stereocenters. The molecule has 0 saturated heterocycles. The van der Waals surface area contributed by atoms with Gasteiger partial charge in [0.25, 0.3) is 14.2 Å². The molecular formula is C12H10ClN5O2S. The van der Waals surface area contributed by atoms with Gasteiger partial charge in [-0.1, -0.05) is 18.2 Å². The number of hydrogen-bond donors (Lipinski definition) is 0. The largest absolute Gasteiger partial charge is 0.297 e. The van der Waals surface area contributed by atoms with Crippen molar-refractivity contribution in [2.45, 2.75) is 5.16 Å². The van der Waals surface area contributed by atoms with E-state index >= 15 is 0 Å². The number of benzene rings is 1. The van der Waals surface area contributed by atoms with Crippen molar-refractivity contribution < 1.29 is 8.42 Å². The fourth-order valence-electron chi connectivity index (χ4n) is 1.96. The summed E-state index contributed by atoms with van der Waals surface area (Å²) in [6.07, 6.45) is 3.29. The van der Waals surface area contributed by atoms with Gasteiger partial charge in [-0.15, -0.1) is 10.2 Å². The first kappa shape index (κ1) is 13.8. The van der Waals surface area contributed by atoms with Gasteiger partial charge in [-0.25, -0.2) is 8.42 Å². The topological polar surface area (TPSA) is 82.7 Å². The van der Waals surface area contributed by atoms with Crippen LogP contribution in [0.15, 0.2) is 47.9 Å². The SMILES string of the molecule is Cn1cc(-c2nnc(S(=O)(=O)Cl)n2-c2ccccc2)cn1. The number of para-hydroxylation sites is 1. The van der Waals surface area contributed by atoms with Crippen molar-refractivity contribution in [1.82, 2.24) is 24.5 Å². The minimum Gasteiger partial charge on any atom is -0.275 e. The van der Waals surface area contributed by atoms with Crippen LogP contribution in [0.1, 0.15) is 0 Å². The highest BCUT2D eigenvalue weighted by molar-refractivity contribution is 8.13. The van der Waals surface area contributed by atoms with Crippen LogP contribution < -0.4 is 0 Å². The second-order valence-corrected chi connectivity index (χ2v) is 6.78. The van der Waals surface area contributed by atoms with Crippen molar-refractivity contribution in [3.05, 3.63) is 42.7 Å². The summed E-state index contributed by atoms with van der Waals surface area (Å²) in [6.45, 7) is 0. The van der Waals surface area contributed by atoms with Crippen LogP contribution in [0, 0.1) is 0 Å². The summed E-state index contributed by atoms with van der Waals surface area (Å²) in [5.74, 6) is 0.355. The van der Waals surface area contributed by atoms with E-state index in [1.807, 2.05) is 6.07 Å². The van der Waals surface area contributed by atoms with E-state index in [4.69, 9.17) is 10.7 Å². The molecule has 0 unspecified atom stereocenters. The third-order valence-electron chi connectivity index (χ3n) is 2.83. The van der Waals surface area contributed by atoms with Crippen LogP contribution in [0.3, 0.4) is 0 Å². The quantitative estimate of drug-likeness (QED) is 0.684. The predicted octanol–water partition coefficient (Wildman–Crippen LogP) is 1.60. The van der Waals surface area contributed by atoms with Gasteiger partial charge in [0.15, 0.2) is 5.82 Å². The molecule has 0 spiro atoms. The molecule has 21 heavy (non-hydrogen) atoms. The number of rotatable bonds is 3. The van der Waals surface area contributed by atoms with Gasteiger partial charge >= 0.3 is 0 Å². The number of nitrogens with zero attached hydrogens (tertiary/aromatic N) is 5. The smallest absolute Gasteiger partial charge is 0.275 e. The van der Waals surface area contributed by atoms with E-state index < -0.39 is 9.05 Å². The summed E-state index contributed by atoms with van der Waals surface area (Å²) in [4.78, 5) is 0. The Morgan fingerprint density at radius 2 is 1.86 bits per heavy atom. The van der Waals surface area contributed by atoms with Gasteiger partial charge in [0.2, 0.25) is 0 Å². The lowest BCUT2D eigenvalue weighted by atomic mass is 10.3. The van der Waals surface area contributed by atoms with E-state index in [1.54, 1.807) is 48.4 Å². The minimum absolute atomic E-state index is 0.325. The van der Waals surface area contributed by atoms with Crippen LogP contribution in [-0.2, 0) is 16.1 Å². The molecule has 0 aliphatic carbocycles. The molecule has 3 rings (SSSR count). The summed E-state index contributed by atoms with van der Waals surface area (Å²) in [7, 11) is 3.18. The molecule has 0 N–H and O–H groups in total. The molecule has 1 aromatic carbocycles. The van der Waals surface area contributed by atoms with Crippen LogP contribution in [0.4, 0.5) is 0 Å². The van der Waals surface area contributed by atoms with Gasteiger partial charge in [0.05, 0.1) is 11.8 Å². The maximum absolute atomic E-state index is 11.7. The Hall–Kier alpha value is -2.19. The summed E-state index contributed by atoms with van der Waals surface area (Å²) in [5, 5.41) is 11.4. The monoisotopic (exact) mass is 323 g/mol. The molecule has 0 aliphatic heterocycles. The van der Waals surface area contributed by atoms with Gasteiger partial charge in [0.1, 0.15) is 0 Å². The normalized spacial score (nSPS) is 11.7. The highest BCUT2D eigenvalue weighted by atomic mass is 35.7. The van der Waals surface area contributed by atoms with Gasteiger partial charge in [-0.2, -0.15) is 5.10 Å². The first-order valence-electron chi connectivity index (χ1n) is 5.91. The van der Waals surface area contributed by atoms with Crippen molar-refractivity contribution in [2.75, 3.05) is 0 Å². The average Bonchev–Trinajstić information content (AvgIpc) is 3.04. The summed E-state index contributed by atoms with van der Waals surface area (Å²) >= 11 is 0. The minimum atomic E-state index is -4.03. The molecule has 108 valence electrons. The summed E-state index contributed by atoms with van der Waals surface area (Å²) in [6, 6.07) is 8.88. The van der Waals surface area contributed by atoms with Crippen molar-refractivity contribution >= 4 is 19.7 Å². The van der Waals surface area contributed by atoms with E-state index in [0.29, 0.717) is 17.1 Å². The van der Waals surface area contributed by atoms with Crippen LogP contribution in [0.5, 0.6) is 0 Å². The number of aromatic nitrogens is 5. The molecule has 3 aromatic rings. The lowest BCUT2D eigenvalue weighted by Crippen LogP contribution is -2.05. The van der Waals surface area contributed by atoms with E-state index in [-0.39, 0.29) is 5.16 Å². The maximum Gasteiger partial charge on any atom is 0.297 e. The van der Waals surface area contributed by atoms with Crippen molar-refractivity contribution in [3.8, 4) is 17.1 Å². The summed E-state index contributed by atoms with van der Waals surface area (Å²) in [5.41, 5.74) is 1.24. The van der Waals surface area contributed by atoms with Crippen molar-refractivity contribution in [1.29, 1.82) is 0 Å². The molecular weight excluding hydrogens is 314 g/mol. The Morgan fingerprint density at radius 3 is 2.43 bits per heavy atom. The Labute approximate surface area is 125 Å². The van der Waals surface area contributed by atoms with Crippen molar-refractivity contribution in [3.63, 3.8) is 0 Å². The molecule has 0 saturated carbocycles. The Bertz CT molecular complexity index is 886. The Kier molecular flexibility index (Phi) is 3.26. The lowest BCUT2D eigenvalue weighted by Gasteiger charge is -2.07. The molecule has 0 amide bonds. The van der Waals surface area contributed by atoms with Gasteiger partial charge in [-0.3, -0.25) is 9.25 Å². The highest BCUT2D eigenvalue weighted by Crippen LogP contribution is 2.25. The van der Waals surface area contributed by atoms with Crippen LogP contribution in [0.25, 0.3) is 17.1 Å². The molecule has 0 fully saturated rings. The molecule has 7 nitrogen and oxygen atoms in total. The molecule has 0 bridgehead atoms. The number of halogens is 1. The van der Waals surface area contributed by atoms with E-state index in [1.165, 1.54) is 4.57 Å². The first-order valence-corrected chi connectivity index (χ1v) is 8.22. The van der Waals surface area contributed by atoms with Gasteiger partial charge in [0, 0.05) is 29.6 Å². The standard InChI is InChI=1S/C12H10ClN5O2S/c1-17-8-9(7-14-17)11-15-16-12(21(13,19)20)18(11)10-5-3-2-4-6-10/h2-8H,1H3. The fourth-order valence-corrected chi connectivity index (χ4v) is 2.81. The molecule has 2 heterocycles. The second kappa shape index (κ2) is 4.97. The average molecular weight is 324 g/mol. The molecule has 0 radical (unpaired) electrons. The Balaban J connectivity index is 2.30. The maximum atomic E-state index is 11.7. The Morgan fingerprint density at radius 1 is 1.14 bits per heavy atom. The zero-order valence-corrected chi connectivity index (χ0v) is 12.5. The third-order valence-corrected chi connectivity index (χ3v) is 3.94. The predicted molar refractivity (Wildman–Crippen MR) is 76.6 cm³/mol. The zero-order chi connectivity index (χ0) is 15.0. The van der Waals surface area contributed by atoms with Gasteiger partial charge in [-0.05, 0) is 12.1 Å². The number of aryl methyl sites for hydroxylation is 1.